The predicted molar refractivity (Wildman–Crippen MR) is 127 cm³/mol. The summed E-state index contributed by atoms with van der Waals surface area (Å²) >= 11 is 6.07. The monoisotopic (exact) mass is 451 g/mol. The topological polar surface area (TPSA) is 55.2 Å². The van der Waals surface area contributed by atoms with Gasteiger partial charge in [-0.3, -0.25) is 0 Å². The van der Waals surface area contributed by atoms with Crippen LogP contribution in [0.1, 0.15) is 0 Å². The number of hydrogen-bond acceptors (Lipinski definition) is 4. The first-order chi connectivity index (χ1) is 14.7. The van der Waals surface area contributed by atoms with Gasteiger partial charge in [-0.1, -0.05) is 35.9 Å². The van der Waals surface area contributed by atoms with E-state index >= 15 is 0 Å². The summed E-state index contributed by atoms with van der Waals surface area (Å²) in [5, 5.41) is 5.50. The molecule has 0 unspecified atom stereocenters. The van der Waals surface area contributed by atoms with Crippen LogP contribution in [0.5, 0.6) is 0 Å². The molecule has 5 nitrogen and oxygen atoms in total. The number of benzene rings is 3. The van der Waals surface area contributed by atoms with Crippen molar-refractivity contribution in [3.8, 4) is 28.2 Å². The summed E-state index contributed by atoms with van der Waals surface area (Å²) in [7, 11) is 0.739. The van der Waals surface area contributed by atoms with Gasteiger partial charge < -0.3 is 4.90 Å². The van der Waals surface area contributed by atoms with Gasteiger partial charge >= 0.3 is 0 Å². The summed E-state index contributed by atoms with van der Waals surface area (Å²) in [5.41, 5.74) is 5.54. The highest BCUT2D eigenvalue weighted by atomic mass is 35.5. The van der Waals surface area contributed by atoms with Gasteiger partial charge in [0, 0.05) is 42.2 Å². The first-order valence-electron chi connectivity index (χ1n) is 9.66. The minimum Gasteiger partial charge on any atom is -0.378 e. The Bertz CT molecular complexity index is 1310. The lowest BCUT2D eigenvalue weighted by Crippen LogP contribution is -2.07. The van der Waals surface area contributed by atoms with E-state index in [1.54, 1.807) is 24.3 Å². The Labute approximate surface area is 187 Å². The van der Waals surface area contributed by atoms with Gasteiger partial charge in [-0.2, -0.15) is 5.10 Å². The van der Waals surface area contributed by atoms with Crippen LogP contribution in [0, 0.1) is 0 Å². The fourth-order valence-electron chi connectivity index (χ4n) is 3.31. The first kappa shape index (κ1) is 21.2. The van der Waals surface area contributed by atoms with Gasteiger partial charge in [-0.25, -0.2) is 13.1 Å². The number of hydrogen-bond donors (Lipinski definition) is 0. The van der Waals surface area contributed by atoms with Crippen molar-refractivity contribution in [1.82, 2.24) is 9.78 Å². The number of nitrogens with zero attached hydrogens (tertiary/aromatic N) is 3. The van der Waals surface area contributed by atoms with Gasteiger partial charge in [0.2, 0.25) is 0 Å². The Morgan fingerprint density at radius 1 is 0.839 bits per heavy atom. The molecule has 4 rings (SSSR count). The molecule has 0 fully saturated rings. The van der Waals surface area contributed by atoms with Gasteiger partial charge in [0.15, 0.2) is 9.84 Å². The third-order valence-electron chi connectivity index (χ3n) is 5.04. The van der Waals surface area contributed by atoms with Crippen molar-refractivity contribution in [2.45, 2.75) is 4.90 Å². The van der Waals surface area contributed by atoms with Gasteiger partial charge in [-0.15, -0.1) is 0 Å². The molecule has 0 aliphatic carbocycles. The minimum atomic E-state index is -3.27. The molecule has 0 radical (unpaired) electrons. The molecule has 158 valence electrons. The summed E-state index contributed by atoms with van der Waals surface area (Å²) in [6.07, 6.45) is 1.20. The maximum atomic E-state index is 11.8. The number of anilines is 1. The molecule has 0 N–H and O–H groups in total. The zero-order valence-corrected chi connectivity index (χ0v) is 19.0. The molecule has 0 bridgehead atoms. The molecule has 0 saturated carbocycles. The van der Waals surface area contributed by atoms with Crippen LogP contribution in [0.2, 0.25) is 5.02 Å². The number of halogens is 1. The fourth-order valence-corrected chi connectivity index (χ4v) is 4.07. The largest absolute Gasteiger partial charge is 0.378 e. The highest BCUT2D eigenvalue weighted by Gasteiger charge is 2.15. The molecular formula is C24H22ClN3O2S. The van der Waals surface area contributed by atoms with Crippen LogP contribution in [0.25, 0.3) is 28.2 Å². The zero-order valence-electron chi connectivity index (χ0n) is 17.4. The van der Waals surface area contributed by atoms with Crippen molar-refractivity contribution in [3.05, 3.63) is 83.9 Å². The smallest absolute Gasteiger partial charge is 0.175 e. The number of rotatable bonds is 5. The molecule has 1 heterocycles. The highest BCUT2D eigenvalue weighted by molar-refractivity contribution is 7.90. The molecule has 0 spiro atoms. The van der Waals surface area contributed by atoms with Gasteiger partial charge in [-0.05, 0) is 54.6 Å². The second-order valence-corrected chi connectivity index (χ2v) is 9.99. The Hall–Kier alpha value is -3.09. The SMILES string of the molecule is CN(C)c1ccc(-c2cc(-c3ccc(Cl)cc3)n(-c3ccc(S(C)(=O)=O)cc3)n2)cc1. The van der Waals surface area contributed by atoms with Crippen molar-refractivity contribution in [2.24, 2.45) is 0 Å². The van der Waals surface area contributed by atoms with Gasteiger partial charge in [0.25, 0.3) is 0 Å². The average molecular weight is 452 g/mol. The summed E-state index contributed by atoms with van der Waals surface area (Å²) in [6.45, 7) is 0. The van der Waals surface area contributed by atoms with Crippen LogP contribution in [0.4, 0.5) is 5.69 Å². The first-order valence-corrected chi connectivity index (χ1v) is 11.9. The molecule has 3 aromatic carbocycles. The number of aromatic nitrogens is 2. The molecule has 31 heavy (non-hydrogen) atoms. The van der Waals surface area contributed by atoms with E-state index < -0.39 is 9.84 Å². The average Bonchev–Trinajstić information content (AvgIpc) is 3.19. The summed E-state index contributed by atoms with van der Waals surface area (Å²) in [4.78, 5) is 2.32. The van der Waals surface area contributed by atoms with Crippen LogP contribution < -0.4 is 4.90 Å². The van der Waals surface area contributed by atoms with Crippen molar-refractivity contribution in [2.75, 3.05) is 25.3 Å². The molecule has 4 aromatic rings. The number of sulfone groups is 1. The molecular weight excluding hydrogens is 430 g/mol. The summed E-state index contributed by atoms with van der Waals surface area (Å²) in [5.74, 6) is 0. The van der Waals surface area contributed by atoms with Crippen LogP contribution in [-0.2, 0) is 9.84 Å². The minimum absolute atomic E-state index is 0.274. The van der Waals surface area contributed by atoms with E-state index in [2.05, 4.69) is 12.1 Å². The lowest BCUT2D eigenvalue weighted by molar-refractivity contribution is 0.602. The lowest BCUT2D eigenvalue weighted by Gasteiger charge is -2.12. The van der Waals surface area contributed by atoms with E-state index in [0.29, 0.717) is 5.02 Å². The van der Waals surface area contributed by atoms with E-state index in [9.17, 15) is 8.42 Å². The van der Waals surface area contributed by atoms with Crippen molar-refractivity contribution in [1.29, 1.82) is 0 Å². The van der Waals surface area contributed by atoms with Crippen molar-refractivity contribution >= 4 is 27.1 Å². The Kier molecular flexibility index (Phi) is 5.60. The lowest BCUT2D eigenvalue weighted by atomic mass is 10.1. The van der Waals surface area contributed by atoms with Crippen LogP contribution in [0.15, 0.2) is 83.8 Å². The maximum absolute atomic E-state index is 11.8. The molecule has 7 heteroatoms. The third-order valence-corrected chi connectivity index (χ3v) is 6.42. The van der Waals surface area contributed by atoms with Gasteiger partial charge in [0.1, 0.15) is 0 Å². The second kappa shape index (κ2) is 8.21. The molecule has 0 amide bonds. The molecule has 0 aliphatic rings. The molecule has 1 aromatic heterocycles. The van der Waals surface area contributed by atoms with Gasteiger partial charge in [0.05, 0.1) is 22.0 Å². The second-order valence-electron chi connectivity index (χ2n) is 7.54. The normalized spacial score (nSPS) is 11.5. The van der Waals surface area contributed by atoms with Crippen molar-refractivity contribution in [3.63, 3.8) is 0 Å². The Balaban J connectivity index is 1.83. The van der Waals surface area contributed by atoms with Crippen LogP contribution in [-0.4, -0.2) is 38.5 Å². The van der Waals surface area contributed by atoms with E-state index in [4.69, 9.17) is 16.7 Å². The van der Waals surface area contributed by atoms with Crippen LogP contribution >= 0.6 is 11.6 Å². The van der Waals surface area contributed by atoms with Crippen LogP contribution in [0.3, 0.4) is 0 Å². The molecule has 0 saturated heterocycles. The fraction of sp³-hybridized carbons (Fsp3) is 0.125. The molecule has 0 aliphatic heterocycles. The van der Waals surface area contributed by atoms with E-state index in [1.807, 2.05) is 66.1 Å². The predicted octanol–water partition coefficient (Wildman–Crippen LogP) is 5.33. The van der Waals surface area contributed by atoms with E-state index in [-0.39, 0.29) is 4.90 Å². The zero-order chi connectivity index (χ0) is 22.2. The standard InChI is InChI=1S/C24H22ClN3O2S/c1-27(2)20-10-6-17(7-11-20)23-16-24(18-4-8-19(25)9-5-18)28(26-23)21-12-14-22(15-13-21)31(3,29)30/h4-16H,1-3H3. The highest BCUT2D eigenvalue weighted by Crippen LogP contribution is 2.30. The third kappa shape index (κ3) is 4.50. The maximum Gasteiger partial charge on any atom is 0.175 e. The van der Waals surface area contributed by atoms with E-state index in [1.165, 1.54) is 6.26 Å². The Morgan fingerprint density at radius 3 is 1.97 bits per heavy atom. The van der Waals surface area contributed by atoms with Crippen molar-refractivity contribution < 1.29 is 8.42 Å². The quantitative estimate of drug-likeness (QED) is 0.411. The van der Waals surface area contributed by atoms with E-state index in [0.717, 1.165) is 33.9 Å². The molecule has 0 atom stereocenters. The Morgan fingerprint density at radius 2 is 1.42 bits per heavy atom. The summed E-state index contributed by atoms with van der Waals surface area (Å²) < 4.78 is 25.5. The summed E-state index contributed by atoms with van der Waals surface area (Å²) in [6, 6.07) is 24.5.